The summed E-state index contributed by atoms with van der Waals surface area (Å²) in [7, 11) is -4.75. The Hall–Kier alpha value is -1.47. The standard InChI is InChI=1S/C7H6FNO4S/c8-5-1-3-6(4-2-5)9-7(10)14(11,12)13/h1-4H,(H,9,10)(H,11,12,13). The van der Waals surface area contributed by atoms with E-state index < -0.39 is 21.2 Å². The van der Waals surface area contributed by atoms with E-state index in [4.69, 9.17) is 4.55 Å². The van der Waals surface area contributed by atoms with Gasteiger partial charge in [-0.05, 0) is 24.3 Å². The molecule has 2 N–H and O–H groups in total. The fraction of sp³-hybridized carbons (Fsp3) is 0. The smallest absolute Gasteiger partial charge is 0.311 e. The first kappa shape index (κ1) is 10.6. The summed E-state index contributed by atoms with van der Waals surface area (Å²) >= 11 is 0. The molecule has 0 aromatic heterocycles. The molecule has 0 fully saturated rings. The van der Waals surface area contributed by atoms with Crippen molar-refractivity contribution >= 4 is 21.0 Å². The molecule has 0 unspecified atom stereocenters. The highest BCUT2D eigenvalue weighted by Gasteiger charge is 2.17. The first-order valence-corrected chi connectivity index (χ1v) is 4.87. The molecule has 0 radical (unpaired) electrons. The number of carbonyl (C=O) groups is 1. The topological polar surface area (TPSA) is 83.5 Å². The van der Waals surface area contributed by atoms with Crippen molar-refractivity contribution in [2.75, 3.05) is 5.32 Å². The lowest BCUT2D eigenvalue weighted by molar-refractivity contribution is 0.265. The summed E-state index contributed by atoms with van der Waals surface area (Å²) < 4.78 is 41.2. The molecule has 0 saturated carbocycles. The van der Waals surface area contributed by atoms with Gasteiger partial charge < -0.3 is 5.32 Å². The lowest BCUT2D eigenvalue weighted by Gasteiger charge is -2.01. The van der Waals surface area contributed by atoms with Crippen LogP contribution in [0.2, 0.25) is 0 Å². The van der Waals surface area contributed by atoms with Crippen LogP contribution < -0.4 is 5.32 Å². The Morgan fingerprint density at radius 2 is 1.79 bits per heavy atom. The van der Waals surface area contributed by atoms with Gasteiger partial charge in [0.2, 0.25) is 0 Å². The lowest BCUT2D eigenvalue weighted by Crippen LogP contribution is -2.20. The lowest BCUT2D eigenvalue weighted by atomic mass is 10.3. The zero-order chi connectivity index (χ0) is 10.8. The van der Waals surface area contributed by atoms with Gasteiger partial charge in [-0.3, -0.25) is 9.35 Å². The largest absolute Gasteiger partial charge is 0.367 e. The van der Waals surface area contributed by atoms with Crippen LogP contribution in [0.4, 0.5) is 14.9 Å². The molecule has 0 aliphatic rings. The van der Waals surface area contributed by atoms with Gasteiger partial charge in [0.15, 0.2) is 0 Å². The molecule has 0 heterocycles. The van der Waals surface area contributed by atoms with Crippen LogP contribution in [0.3, 0.4) is 0 Å². The van der Waals surface area contributed by atoms with Crippen LogP contribution in [0, 0.1) is 5.82 Å². The third-order valence-corrected chi connectivity index (χ3v) is 1.90. The number of nitrogens with one attached hydrogen (secondary N) is 1. The molecular weight excluding hydrogens is 213 g/mol. The summed E-state index contributed by atoms with van der Waals surface area (Å²) in [6, 6.07) is 4.41. The van der Waals surface area contributed by atoms with E-state index >= 15 is 0 Å². The fourth-order valence-corrected chi connectivity index (χ4v) is 0.962. The summed E-state index contributed by atoms with van der Waals surface area (Å²) in [6.45, 7) is 0. The van der Waals surface area contributed by atoms with Gasteiger partial charge in [0.1, 0.15) is 5.82 Å². The molecule has 0 aliphatic heterocycles. The second-order valence-electron chi connectivity index (χ2n) is 2.39. The second kappa shape index (κ2) is 3.72. The summed E-state index contributed by atoms with van der Waals surface area (Å²) in [5.74, 6) is -0.519. The second-order valence-corrected chi connectivity index (χ2v) is 3.72. The Kier molecular flexibility index (Phi) is 2.82. The SMILES string of the molecule is O=C(Nc1ccc(F)cc1)S(=O)(=O)O. The summed E-state index contributed by atoms with van der Waals surface area (Å²) in [5, 5.41) is 0.314. The van der Waals surface area contributed by atoms with Gasteiger partial charge in [-0.15, -0.1) is 0 Å². The minimum Gasteiger partial charge on any atom is -0.311 e. The van der Waals surface area contributed by atoms with Crippen LogP contribution in [0.25, 0.3) is 0 Å². The van der Waals surface area contributed by atoms with E-state index in [2.05, 4.69) is 0 Å². The highest BCUT2D eigenvalue weighted by molar-refractivity contribution is 8.01. The number of hydrogen-bond donors (Lipinski definition) is 2. The van der Waals surface area contributed by atoms with E-state index in [1.165, 1.54) is 12.1 Å². The normalized spacial score (nSPS) is 11.0. The molecule has 0 atom stereocenters. The number of hydrogen-bond acceptors (Lipinski definition) is 3. The van der Waals surface area contributed by atoms with Crippen LogP contribution in [0.5, 0.6) is 0 Å². The molecule has 1 amide bonds. The van der Waals surface area contributed by atoms with Crippen molar-refractivity contribution in [3.05, 3.63) is 30.1 Å². The van der Waals surface area contributed by atoms with Crippen molar-refractivity contribution in [1.29, 1.82) is 0 Å². The predicted octanol–water partition coefficient (Wildman–Crippen LogP) is 1.25. The van der Waals surface area contributed by atoms with Gasteiger partial charge in [0.25, 0.3) is 0 Å². The van der Waals surface area contributed by atoms with Gasteiger partial charge in [0.05, 0.1) is 0 Å². The first-order chi connectivity index (χ1) is 6.39. The Morgan fingerprint density at radius 1 is 1.29 bits per heavy atom. The van der Waals surface area contributed by atoms with Crippen LogP contribution in [0.1, 0.15) is 0 Å². The Morgan fingerprint density at radius 3 is 2.21 bits per heavy atom. The Labute approximate surface area is 79.3 Å². The number of benzene rings is 1. The van der Waals surface area contributed by atoms with Gasteiger partial charge in [-0.1, -0.05) is 0 Å². The van der Waals surface area contributed by atoms with Gasteiger partial charge >= 0.3 is 15.4 Å². The maximum absolute atomic E-state index is 12.4. The van der Waals surface area contributed by atoms with Crippen molar-refractivity contribution in [3.63, 3.8) is 0 Å². The fourth-order valence-electron chi connectivity index (χ4n) is 0.716. The van der Waals surface area contributed by atoms with E-state index in [9.17, 15) is 17.6 Å². The Balaban J connectivity index is 2.81. The average molecular weight is 219 g/mol. The zero-order valence-electron chi connectivity index (χ0n) is 6.77. The van der Waals surface area contributed by atoms with E-state index in [-0.39, 0.29) is 5.69 Å². The van der Waals surface area contributed by atoms with Crippen molar-refractivity contribution < 1.29 is 22.2 Å². The molecule has 1 aromatic rings. The number of rotatable bonds is 1. The molecule has 0 spiro atoms. The third kappa shape index (κ3) is 2.79. The van der Waals surface area contributed by atoms with Crippen LogP contribution in [-0.2, 0) is 10.1 Å². The van der Waals surface area contributed by atoms with E-state index in [0.717, 1.165) is 12.1 Å². The highest BCUT2D eigenvalue weighted by Crippen LogP contribution is 2.09. The van der Waals surface area contributed by atoms with Crippen molar-refractivity contribution in [1.82, 2.24) is 0 Å². The quantitative estimate of drug-likeness (QED) is 0.696. The van der Waals surface area contributed by atoms with Gasteiger partial charge in [0, 0.05) is 5.69 Å². The van der Waals surface area contributed by atoms with E-state index in [0.29, 0.717) is 0 Å². The molecular formula is C7H6FNO4S. The van der Waals surface area contributed by atoms with Gasteiger partial charge in [-0.2, -0.15) is 8.42 Å². The van der Waals surface area contributed by atoms with Crippen molar-refractivity contribution in [2.24, 2.45) is 0 Å². The molecule has 7 heteroatoms. The monoisotopic (exact) mass is 219 g/mol. The maximum atomic E-state index is 12.4. The van der Waals surface area contributed by atoms with Crippen LogP contribution in [-0.4, -0.2) is 18.2 Å². The number of amides is 1. The number of halogens is 1. The van der Waals surface area contributed by atoms with Gasteiger partial charge in [-0.25, -0.2) is 4.39 Å². The molecule has 76 valence electrons. The molecule has 14 heavy (non-hydrogen) atoms. The molecule has 0 bridgehead atoms. The van der Waals surface area contributed by atoms with Crippen LogP contribution >= 0.6 is 0 Å². The molecule has 1 aromatic carbocycles. The number of anilines is 1. The minimum atomic E-state index is -4.75. The molecule has 5 nitrogen and oxygen atoms in total. The summed E-state index contributed by atoms with van der Waals surface area (Å²) in [4.78, 5) is 10.7. The average Bonchev–Trinajstić information content (AvgIpc) is 2.07. The minimum absolute atomic E-state index is 0.0778. The third-order valence-electron chi connectivity index (χ3n) is 1.32. The highest BCUT2D eigenvalue weighted by atomic mass is 32.2. The summed E-state index contributed by atoms with van der Waals surface area (Å²) in [6.07, 6.45) is 0. The predicted molar refractivity (Wildman–Crippen MR) is 47.0 cm³/mol. The molecule has 0 aliphatic carbocycles. The first-order valence-electron chi connectivity index (χ1n) is 3.43. The van der Waals surface area contributed by atoms with E-state index in [1.54, 1.807) is 0 Å². The molecule has 0 saturated heterocycles. The van der Waals surface area contributed by atoms with Crippen molar-refractivity contribution in [3.8, 4) is 0 Å². The Bertz CT molecular complexity index is 439. The zero-order valence-corrected chi connectivity index (χ0v) is 7.58. The van der Waals surface area contributed by atoms with Crippen LogP contribution in [0.15, 0.2) is 24.3 Å². The molecule has 1 rings (SSSR count). The summed E-state index contributed by atoms with van der Waals surface area (Å²) in [5.41, 5.74) is 0.0778. The van der Waals surface area contributed by atoms with Crippen molar-refractivity contribution in [2.45, 2.75) is 0 Å². The number of carbonyl (C=O) groups excluding carboxylic acids is 1. The van der Waals surface area contributed by atoms with E-state index in [1.807, 2.05) is 5.32 Å². The maximum Gasteiger partial charge on any atom is 0.367 e.